The molecule has 1 amide bonds. The Morgan fingerprint density at radius 3 is 2.60 bits per heavy atom. The summed E-state index contributed by atoms with van der Waals surface area (Å²) in [6.07, 6.45) is 4.71. The second kappa shape index (κ2) is 6.65. The first-order valence-corrected chi connectivity index (χ1v) is 9.23. The number of H-pyrrole nitrogens is 1. The highest BCUT2D eigenvalue weighted by molar-refractivity contribution is 5.97. The molecule has 0 spiro atoms. The summed E-state index contributed by atoms with van der Waals surface area (Å²) < 4.78 is 14.2. The van der Waals surface area contributed by atoms with Gasteiger partial charge in [-0.25, -0.2) is 4.79 Å². The summed E-state index contributed by atoms with van der Waals surface area (Å²) in [6, 6.07) is 5.48. The van der Waals surface area contributed by atoms with Gasteiger partial charge in [0.25, 0.3) is 5.91 Å². The Kier molecular flexibility index (Phi) is 4.36. The topological polar surface area (TPSA) is 58.1 Å². The lowest BCUT2D eigenvalue weighted by molar-refractivity contribution is 0.0684. The standard InChI is InChI=1S/C19H24FN3O2/c20-8-5-13-6-9-22(10-7-13)18(24)15-3-4-17-16(11-15)21-19(25)23(17)12-14-1-2-14/h3-4,11,13-14H,1-2,5-10,12H2,(H,21,25). The van der Waals surface area contributed by atoms with Crippen LogP contribution in [-0.4, -0.2) is 40.1 Å². The van der Waals surface area contributed by atoms with Gasteiger partial charge < -0.3 is 9.88 Å². The highest BCUT2D eigenvalue weighted by Gasteiger charge is 2.25. The lowest BCUT2D eigenvalue weighted by Gasteiger charge is -2.31. The minimum absolute atomic E-state index is 0.00334. The third kappa shape index (κ3) is 3.34. The van der Waals surface area contributed by atoms with E-state index in [0.717, 1.165) is 30.4 Å². The highest BCUT2D eigenvalue weighted by atomic mass is 19.1. The number of imidazole rings is 1. The summed E-state index contributed by atoms with van der Waals surface area (Å²) in [5, 5.41) is 0. The molecule has 1 aromatic heterocycles. The number of piperidine rings is 1. The van der Waals surface area contributed by atoms with Gasteiger partial charge in [0.1, 0.15) is 0 Å². The van der Waals surface area contributed by atoms with Crippen LogP contribution in [-0.2, 0) is 6.54 Å². The second-order valence-corrected chi connectivity index (χ2v) is 7.43. The van der Waals surface area contributed by atoms with Crippen molar-refractivity contribution in [3.8, 4) is 0 Å². The van der Waals surface area contributed by atoms with E-state index in [2.05, 4.69) is 4.98 Å². The summed E-state index contributed by atoms with van der Waals surface area (Å²) in [5.74, 6) is 1.00. The zero-order valence-corrected chi connectivity index (χ0v) is 14.3. The molecular formula is C19H24FN3O2. The second-order valence-electron chi connectivity index (χ2n) is 7.43. The average Bonchev–Trinajstić information content (AvgIpc) is 3.39. The average molecular weight is 345 g/mol. The Bertz CT molecular complexity index is 829. The van der Waals surface area contributed by atoms with Gasteiger partial charge in [-0.1, -0.05) is 0 Å². The van der Waals surface area contributed by atoms with Crippen molar-refractivity contribution in [2.24, 2.45) is 11.8 Å². The molecule has 0 unspecified atom stereocenters. The molecule has 2 fully saturated rings. The molecule has 5 nitrogen and oxygen atoms in total. The summed E-state index contributed by atoms with van der Waals surface area (Å²) in [6.45, 7) is 1.84. The van der Waals surface area contributed by atoms with Crippen molar-refractivity contribution >= 4 is 16.9 Å². The first kappa shape index (κ1) is 16.4. The Hall–Kier alpha value is -2.11. The molecule has 1 saturated carbocycles. The number of alkyl halides is 1. The van der Waals surface area contributed by atoms with Gasteiger partial charge in [0.05, 0.1) is 17.7 Å². The van der Waals surface area contributed by atoms with E-state index < -0.39 is 0 Å². The SMILES string of the molecule is O=C(c1ccc2c(c1)[nH]c(=O)n2CC1CC1)N1CCC(CCF)CC1. The first-order chi connectivity index (χ1) is 12.2. The van der Waals surface area contributed by atoms with Crippen molar-refractivity contribution in [3.63, 3.8) is 0 Å². The Morgan fingerprint density at radius 1 is 1.16 bits per heavy atom. The van der Waals surface area contributed by atoms with Crippen molar-refractivity contribution in [1.82, 2.24) is 14.5 Å². The van der Waals surface area contributed by atoms with Crippen molar-refractivity contribution in [3.05, 3.63) is 34.2 Å². The summed E-state index contributed by atoms with van der Waals surface area (Å²) in [7, 11) is 0. The van der Waals surface area contributed by atoms with Crippen molar-refractivity contribution in [2.45, 2.75) is 38.6 Å². The van der Waals surface area contributed by atoms with E-state index in [4.69, 9.17) is 0 Å². The maximum absolute atomic E-state index is 12.7. The molecular weight excluding hydrogens is 321 g/mol. The maximum atomic E-state index is 12.7. The van der Waals surface area contributed by atoms with Crippen molar-refractivity contribution in [1.29, 1.82) is 0 Å². The van der Waals surface area contributed by atoms with Crippen LogP contribution in [0.3, 0.4) is 0 Å². The summed E-state index contributed by atoms with van der Waals surface area (Å²) in [4.78, 5) is 29.6. The molecule has 2 aromatic rings. The minimum atomic E-state index is -0.277. The monoisotopic (exact) mass is 345 g/mol. The lowest BCUT2D eigenvalue weighted by Crippen LogP contribution is -2.38. The lowest BCUT2D eigenvalue weighted by atomic mass is 9.94. The number of rotatable bonds is 5. The van der Waals surface area contributed by atoms with Crippen LogP contribution in [0.2, 0.25) is 0 Å². The number of likely N-dealkylation sites (tertiary alicyclic amines) is 1. The number of nitrogens with zero attached hydrogens (tertiary/aromatic N) is 2. The van der Waals surface area contributed by atoms with Crippen LogP contribution in [0.4, 0.5) is 4.39 Å². The van der Waals surface area contributed by atoms with E-state index in [1.54, 1.807) is 10.6 Å². The molecule has 25 heavy (non-hydrogen) atoms. The van der Waals surface area contributed by atoms with Crippen molar-refractivity contribution in [2.75, 3.05) is 19.8 Å². The third-order valence-corrected chi connectivity index (χ3v) is 5.58. The number of aromatic amines is 1. The number of fused-ring (bicyclic) bond motifs is 1. The molecule has 2 heterocycles. The fourth-order valence-electron chi connectivity index (χ4n) is 3.80. The van der Waals surface area contributed by atoms with Crippen LogP contribution in [0.1, 0.15) is 42.5 Å². The van der Waals surface area contributed by atoms with Gasteiger partial charge >= 0.3 is 5.69 Å². The normalized spacial score (nSPS) is 18.8. The van der Waals surface area contributed by atoms with Crippen LogP contribution in [0.15, 0.2) is 23.0 Å². The smallest absolute Gasteiger partial charge is 0.326 e. The number of carbonyl (C=O) groups excluding carboxylic acids is 1. The number of hydrogen-bond donors (Lipinski definition) is 1. The maximum Gasteiger partial charge on any atom is 0.326 e. The van der Waals surface area contributed by atoms with Crippen LogP contribution < -0.4 is 5.69 Å². The number of halogens is 1. The highest BCUT2D eigenvalue weighted by Crippen LogP contribution is 2.31. The van der Waals surface area contributed by atoms with E-state index in [1.807, 2.05) is 17.0 Å². The fraction of sp³-hybridized carbons (Fsp3) is 0.579. The van der Waals surface area contributed by atoms with E-state index in [1.165, 1.54) is 12.8 Å². The molecule has 0 bridgehead atoms. The zero-order chi connectivity index (χ0) is 17.4. The molecule has 0 atom stereocenters. The molecule has 134 valence electrons. The van der Waals surface area contributed by atoms with Crippen LogP contribution in [0.5, 0.6) is 0 Å². The van der Waals surface area contributed by atoms with E-state index in [9.17, 15) is 14.0 Å². The van der Waals surface area contributed by atoms with Gasteiger partial charge in [-0.05, 0) is 62.1 Å². The van der Waals surface area contributed by atoms with E-state index in [0.29, 0.717) is 36.9 Å². The minimum Gasteiger partial charge on any atom is -0.339 e. The quantitative estimate of drug-likeness (QED) is 0.906. The van der Waals surface area contributed by atoms with Gasteiger partial charge in [0, 0.05) is 25.2 Å². The number of carbonyl (C=O) groups is 1. The number of hydrogen-bond acceptors (Lipinski definition) is 2. The largest absolute Gasteiger partial charge is 0.339 e. The molecule has 1 aromatic carbocycles. The van der Waals surface area contributed by atoms with Gasteiger partial charge in [-0.15, -0.1) is 0 Å². The zero-order valence-electron chi connectivity index (χ0n) is 14.3. The van der Waals surface area contributed by atoms with Gasteiger partial charge in [0.2, 0.25) is 0 Å². The molecule has 4 rings (SSSR count). The predicted molar refractivity (Wildman–Crippen MR) is 94.5 cm³/mol. The van der Waals surface area contributed by atoms with E-state index in [-0.39, 0.29) is 18.3 Å². The number of nitrogens with one attached hydrogen (secondary N) is 1. The summed E-state index contributed by atoms with van der Waals surface area (Å²) in [5.41, 5.74) is 2.11. The van der Waals surface area contributed by atoms with E-state index >= 15 is 0 Å². The fourth-order valence-corrected chi connectivity index (χ4v) is 3.80. The number of aromatic nitrogens is 2. The predicted octanol–water partition coefficient (Wildman–Crippen LogP) is 2.95. The Labute approximate surface area is 145 Å². The van der Waals surface area contributed by atoms with Crippen LogP contribution >= 0.6 is 0 Å². The van der Waals surface area contributed by atoms with Gasteiger partial charge in [-0.3, -0.25) is 13.8 Å². The Morgan fingerprint density at radius 2 is 1.92 bits per heavy atom. The number of amides is 1. The van der Waals surface area contributed by atoms with Crippen LogP contribution in [0, 0.1) is 11.8 Å². The van der Waals surface area contributed by atoms with Gasteiger partial charge in [0.15, 0.2) is 0 Å². The van der Waals surface area contributed by atoms with Gasteiger partial charge in [-0.2, -0.15) is 0 Å². The third-order valence-electron chi connectivity index (χ3n) is 5.58. The molecule has 1 N–H and O–H groups in total. The molecule has 0 radical (unpaired) electrons. The molecule has 2 aliphatic rings. The molecule has 1 aliphatic heterocycles. The van der Waals surface area contributed by atoms with Crippen LogP contribution in [0.25, 0.3) is 11.0 Å². The number of benzene rings is 1. The molecule has 1 saturated heterocycles. The molecule has 6 heteroatoms. The first-order valence-electron chi connectivity index (χ1n) is 9.23. The molecule has 1 aliphatic carbocycles. The Balaban J connectivity index is 1.51. The summed E-state index contributed by atoms with van der Waals surface area (Å²) >= 11 is 0. The van der Waals surface area contributed by atoms with Crippen molar-refractivity contribution < 1.29 is 9.18 Å².